The van der Waals surface area contributed by atoms with Crippen LogP contribution in [-0.4, -0.2) is 18.2 Å². The van der Waals surface area contributed by atoms with Crippen molar-refractivity contribution in [1.82, 2.24) is 0 Å². The van der Waals surface area contributed by atoms with E-state index in [1.54, 1.807) is 7.11 Å². The fraction of sp³-hybridized carbons (Fsp3) is 0.235. The zero-order valence-electron chi connectivity index (χ0n) is 11.7. The Morgan fingerprint density at radius 1 is 1.20 bits per heavy atom. The summed E-state index contributed by atoms with van der Waals surface area (Å²) >= 11 is 0. The maximum atomic E-state index is 11.5. The maximum absolute atomic E-state index is 11.5. The topological polar surface area (TPSA) is 46.5 Å². The number of hydrogen-bond acceptors (Lipinski definition) is 2. The molecule has 0 bridgehead atoms. The maximum Gasteiger partial charge on any atom is 0.311 e. The van der Waals surface area contributed by atoms with Crippen molar-refractivity contribution >= 4 is 5.97 Å². The Bertz CT molecular complexity index is 587. The summed E-state index contributed by atoms with van der Waals surface area (Å²) < 4.78 is 5.11. The first-order valence-corrected chi connectivity index (χ1v) is 6.52. The lowest BCUT2D eigenvalue weighted by Gasteiger charge is -2.14. The van der Waals surface area contributed by atoms with Crippen molar-refractivity contribution in [2.75, 3.05) is 7.11 Å². The predicted molar refractivity (Wildman–Crippen MR) is 78.3 cm³/mol. The van der Waals surface area contributed by atoms with Crippen molar-refractivity contribution in [3.8, 4) is 5.75 Å². The van der Waals surface area contributed by atoms with Crippen LogP contribution in [0, 0.1) is 6.92 Å². The molecular weight excluding hydrogens is 252 g/mol. The van der Waals surface area contributed by atoms with Gasteiger partial charge in [-0.2, -0.15) is 0 Å². The number of benzene rings is 2. The monoisotopic (exact) mass is 270 g/mol. The molecule has 0 spiro atoms. The average molecular weight is 270 g/mol. The SMILES string of the molecule is COc1ccc(CC(C(=O)O)c2cccc(C)c2)cc1. The third-order valence-corrected chi connectivity index (χ3v) is 3.34. The molecule has 1 atom stereocenters. The summed E-state index contributed by atoms with van der Waals surface area (Å²) in [5.41, 5.74) is 2.90. The number of carbonyl (C=O) groups is 1. The van der Waals surface area contributed by atoms with Gasteiger partial charge in [-0.15, -0.1) is 0 Å². The van der Waals surface area contributed by atoms with Crippen LogP contribution < -0.4 is 4.74 Å². The van der Waals surface area contributed by atoms with Crippen molar-refractivity contribution in [1.29, 1.82) is 0 Å². The predicted octanol–water partition coefficient (Wildman–Crippen LogP) is 3.41. The van der Waals surface area contributed by atoms with Crippen LogP contribution in [0.25, 0.3) is 0 Å². The van der Waals surface area contributed by atoms with Gasteiger partial charge < -0.3 is 9.84 Å². The Hall–Kier alpha value is -2.29. The minimum atomic E-state index is -0.800. The molecule has 0 heterocycles. The quantitative estimate of drug-likeness (QED) is 0.905. The summed E-state index contributed by atoms with van der Waals surface area (Å²) in [6.45, 7) is 1.97. The van der Waals surface area contributed by atoms with Gasteiger partial charge in [0.2, 0.25) is 0 Å². The summed E-state index contributed by atoms with van der Waals surface area (Å²) in [6.07, 6.45) is 0.475. The minimum absolute atomic E-state index is 0.475. The van der Waals surface area contributed by atoms with Crippen molar-refractivity contribution in [3.05, 3.63) is 65.2 Å². The molecule has 0 aliphatic heterocycles. The van der Waals surface area contributed by atoms with E-state index in [1.807, 2.05) is 55.5 Å². The van der Waals surface area contributed by atoms with Crippen molar-refractivity contribution in [3.63, 3.8) is 0 Å². The molecule has 3 nitrogen and oxygen atoms in total. The number of aryl methyl sites for hydroxylation is 1. The second-order valence-electron chi connectivity index (χ2n) is 4.86. The van der Waals surface area contributed by atoms with Crippen LogP contribution in [0.15, 0.2) is 48.5 Å². The summed E-state index contributed by atoms with van der Waals surface area (Å²) in [7, 11) is 1.61. The van der Waals surface area contributed by atoms with Gasteiger partial charge in [0, 0.05) is 0 Å². The van der Waals surface area contributed by atoms with Crippen LogP contribution >= 0.6 is 0 Å². The summed E-state index contributed by atoms with van der Waals surface area (Å²) in [4.78, 5) is 11.5. The molecule has 3 heteroatoms. The van der Waals surface area contributed by atoms with Crippen LogP contribution in [0.4, 0.5) is 0 Å². The Morgan fingerprint density at radius 2 is 1.90 bits per heavy atom. The number of ether oxygens (including phenoxy) is 1. The number of carboxylic acids is 1. The lowest BCUT2D eigenvalue weighted by molar-refractivity contribution is -0.138. The lowest BCUT2D eigenvalue weighted by Crippen LogP contribution is -2.14. The number of hydrogen-bond donors (Lipinski definition) is 1. The van der Waals surface area contributed by atoms with Gasteiger partial charge in [-0.1, -0.05) is 42.0 Å². The highest BCUT2D eigenvalue weighted by Crippen LogP contribution is 2.23. The first-order chi connectivity index (χ1) is 9.60. The van der Waals surface area contributed by atoms with E-state index >= 15 is 0 Å². The smallest absolute Gasteiger partial charge is 0.311 e. The van der Waals surface area contributed by atoms with Gasteiger partial charge in [0.1, 0.15) is 5.75 Å². The molecule has 0 radical (unpaired) electrons. The van der Waals surface area contributed by atoms with Gasteiger partial charge in [0.15, 0.2) is 0 Å². The van der Waals surface area contributed by atoms with E-state index in [0.29, 0.717) is 6.42 Å². The van der Waals surface area contributed by atoms with Gasteiger partial charge in [-0.3, -0.25) is 4.79 Å². The standard InChI is InChI=1S/C17H18O3/c1-12-4-3-5-14(10-12)16(17(18)19)11-13-6-8-15(20-2)9-7-13/h3-10,16H,11H2,1-2H3,(H,18,19). The molecule has 0 saturated carbocycles. The normalized spacial score (nSPS) is 11.9. The molecule has 104 valence electrons. The average Bonchev–Trinajstić information content (AvgIpc) is 2.45. The highest BCUT2D eigenvalue weighted by molar-refractivity contribution is 5.76. The summed E-state index contributed by atoms with van der Waals surface area (Å²) in [5.74, 6) is -0.550. The molecule has 0 saturated heterocycles. The van der Waals surface area contributed by atoms with Crippen molar-refractivity contribution in [2.24, 2.45) is 0 Å². The van der Waals surface area contributed by atoms with Crippen LogP contribution in [0.1, 0.15) is 22.6 Å². The minimum Gasteiger partial charge on any atom is -0.497 e. The van der Waals surface area contributed by atoms with Crippen molar-refractivity contribution in [2.45, 2.75) is 19.3 Å². The first-order valence-electron chi connectivity index (χ1n) is 6.52. The van der Waals surface area contributed by atoms with Gasteiger partial charge in [0.25, 0.3) is 0 Å². The molecule has 2 aromatic carbocycles. The number of carboxylic acid groups (broad SMARTS) is 1. The third-order valence-electron chi connectivity index (χ3n) is 3.34. The van der Waals surface area contributed by atoms with Gasteiger partial charge in [-0.25, -0.2) is 0 Å². The Labute approximate surface area is 118 Å². The Morgan fingerprint density at radius 3 is 2.45 bits per heavy atom. The molecule has 0 aliphatic rings. The fourth-order valence-electron chi connectivity index (χ4n) is 2.23. The second-order valence-corrected chi connectivity index (χ2v) is 4.86. The molecule has 1 N–H and O–H groups in total. The molecule has 1 unspecified atom stereocenters. The van der Waals surface area contributed by atoms with E-state index in [9.17, 15) is 9.90 Å². The number of methoxy groups -OCH3 is 1. The number of aliphatic carboxylic acids is 1. The van der Waals surface area contributed by atoms with E-state index in [4.69, 9.17) is 4.74 Å². The second kappa shape index (κ2) is 6.24. The van der Waals surface area contributed by atoms with Gasteiger partial charge in [-0.05, 0) is 36.6 Å². The van der Waals surface area contributed by atoms with Gasteiger partial charge in [0.05, 0.1) is 13.0 Å². The molecule has 2 rings (SSSR count). The highest BCUT2D eigenvalue weighted by atomic mass is 16.5. The molecule has 0 amide bonds. The van der Waals surface area contributed by atoms with E-state index in [-0.39, 0.29) is 0 Å². The molecular formula is C17H18O3. The highest BCUT2D eigenvalue weighted by Gasteiger charge is 2.20. The van der Waals surface area contributed by atoms with Crippen LogP contribution in [0.2, 0.25) is 0 Å². The van der Waals surface area contributed by atoms with Crippen molar-refractivity contribution < 1.29 is 14.6 Å². The van der Waals surface area contributed by atoms with Crippen LogP contribution in [-0.2, 0) is 11.2 Å². The largest absolute Gasteiger partial charge is 0.497 e. The van der Waals surface area contributed by atoms with E-state index < -0.39 is 11.9 Å². The number of rotatable bonds is 5. The van der Waals surface area contributed by atoms with Gasteiger partial charge >= 0.3 is 5.97 Å². The summed E-state index contributed by atoms with van der Waals surface area (Å²) in [6, 6.07) is 15.2. The zero-order valence-corrected chi connectivity index (χ0v) is 11.7. The summed E-state index contributed by atoms with van der Waals surface area (Å²) in [5, 5.41) is 9.45. The zero-order chi connectivity index (χ0) is 14.5. The molecule has 2 aromatic rings. The molecule has 0 aliphatic carbocycles. The fourth-order valence-corrected chi connectivity index (χ4v) is 2.23. The van der Waals surface area contributed by atoms with E-state index in [0.717, 1.165) is 22.4 Å². The molecule has 0 fully saturated rings. The van der Waals surface area contributed by atoms with E-state index in [2.05, 4.69) is 0 Å². The Kier molecular flexibility index (Phi) is 4.41. The van der Waals surface area contributed by atoms with Crippen LogP contribution in [0.5, 0.6) is 5.75 Å². The third kappa shape index (κ3) is 3.38. The first kappa shape index (κ1) is 14.1. The van der Waals surface area contributed by atoms with E-state index in [1.165, 1.54) is 0 Å². The van der Waals surface area contributed by atoms with Crippen LogP contribution in [0.3, 0.4) is 0 Å². The molecule has 20 heavy (non-hydrogen) atoms. The molecule has 0 aromatic heterocycles. The Balaban J connectivity index is 2.23. The lowest BCUT2D eigenvalue weighted by atomic mass is 9.91.